The van der Waals surface area contributed by atoms with Crippen molar-refractivity contribution in [1.29, 1.82) is 0 Å². The molecule has 1 N–H and O–H groups in total. The van der Waals surface area contributed by atoms with E-state index in [1.807, 2.05) is 30.3 Å². The summed E-state index contributed by atoms with van der Waals surface area (Å²) in [6, 6.07) is 19.3. The summed E-state index contributed by atoms with van der Waals surface area (Å²) >= 11 is 15.3. The van der Waals surface area contributed by atoms with Crippen molar-refractivity contribution in [2.24, 2.45) is 10.2 Å². The zero-order valence-corrected chi connectivity index (χ0v) is 18.5. The van der Waals surface area contributed by atoms with E-state index in [1.165, 1.54) is 0 Å². The molecule has 0 unspecified atom stereocenters. The number of carbonyl (C=O) groups excluding carboxylic acids is 1. The van der Waals surface area contributed by atoms with Crippen molar-refractivity contribution in [3.8, 4) is 5.88 Å². The number of fused-ring (bicyclic) bond motifs is 1. The number of azo groups is 1. The van der Waals surface area contributed by atoms with Crippen molar-refractivity contribution < 1.29 is 9.90 Å². The van der Waals surface area contributed by atoms with Crippen molar-refractivity contribution in [2.75, 3.05) is 0 Å². The molecule has 0 bridgehead atoms. The fourth-order valence-electron chi connectivity index (χ4n) is 3.07. The van der Waals surface area contributed by atoms with Gasteiger partial charge < -0.3 is 9.67 Å². The second-order valence-corrected chi connectivity index (χ2v) is 8.35. The van der Waals surface area contributed by atoms with Crippen molar-refractivity contribution in [1.82, 2.24) is 4.57 Å². The number of amides is 1. The molecule has 4 rings (SSSR count). The van der Waals surface area contributed by atoms with Crippen LogP contribution in [0.1, 0.15) is 15.9 Å². The Kier molecular flexibility index (Phi) is 5.90. The van der Waals surface area contributed by atoms with Gasteiger partial charge >= 0.3 is 0 Å². The first-order chi connectivity index (χ1) is 14.4. The lowest BCUT2D eigenvalue weighted by molar-refractivity contribution is 0.0995. The fourth-order valence-corrected chi connectivity index (χ4v) is 3.69. The number of nitrogens with zero attached hydrogens (tertiary/aromatic N) is 3. The number of halogens is 3. The molecule has 8 heteroatoms. The molecule has 0 saturated carbocycles. The molecule has 0 spiro atoms. The molecular weight excluding hydrogens is 489 g/mol. The Morgan fingerprint density at radius 3 is 2.27 bits per heavy atom. The monoisotopic (exact) mass is 501 g/mol. The van der Waals surface area contributed by atoms with Crippen molar-refractivity contribution >= 4 is 61.6 Å². The van der Waals surface area contributed by atoms with E-state index in [0.29, 0.717) is 27.5 Å². The van der Waals surface area contributed by atoms with E-state index >= 15 is 0 Å². The number of hydrogen-bond donors (Lipinski definition) is 1. The maximum Gasteiger partial charge on any atom is 0.295 e. The van der Waals surface area contributed by atoms with E-state index in [4.69, 9.17) is 23.2 Å². The summed E-state index contributed by atoms with van der Waals surface area (Å²) in [7, 11) is 0. The topological polar surface area (TPSA) is 66.9 Å². The van der Waals surface area contributed by atoms with Crippen LogP contribution in [0.3, 0.4) is 0 Å². The third kappa shape index (κ3) is 4.26. The Morgan fingerprint density at radius 1 is 0.967 bits per heavy atom. The van der Waals surface area contributed by atoms with Gasteiger partial charge in [-0.25, -0.2) is 0 Å². The summed E-state index contributed by atoms with van der Waals surface area (Å²) in [6.07, 6.45) is 0. The zero-order valence-electron chi connectivity index (χ0n) is 15.4. The van der Waals surface area contributed by atoms with E-state index in [9.17, 15) is 9.90 Å². The van der Waals surface area contributed by atoms with Gasteiger partial charge in [0.05, 0.1) is 12.1 Å². The molecule has 0 saturated heterocycles. The SMILES string of the molecule is O=C(N=Nc1c(O)n(Cc2ccc(Cl)cc2)c2ccc(Br)cc12)c1ccc(Cl)cc1. The Morgan fingerprint density at radius 2 is 1.60 bits per heavy atom. The lowest BCUT2D eigenvalue weighted by atomic mass is 10.2. The molecule has 1 amide bonds. The van der Waals surface area contributed by atoms with E-state index < -0.39 is 5.91 Å². The minimum absolute atomic E-state index is 0.0780. The van der Waals surface area contributed by atoms with Crippen LogP contribution in [0.25, 0.3) is 10.9 Å². The first-order valence-corrected chi connectivity index (χ1v) is 10.4. The fraction of sp³-hybridized carbons (Fsp3) is 0.0455. The van der Waals surface area contributed by atoms with Gasteiger partial charge in [0, 0.05) is 25.5 Å². The molecule has 3 aromatic carbocycles. The van der Waals surface area contributed by atoms with Gasteiger partial charge in [-0.15, -0.1) is 10.2 Å². The Hall–Kier alpha value is -2.67. The molecule has 0 aliphatic carbocycles. The lowest BCUT2D eigenvalue weighted by Gasteiger charge is -2.07. The molecule has 0 fully saturated rings. The molecule has 0 atom stereocenters. The largest absolute Gasteiger partial charge is 0.493 e. The number of benzene rings is 3. The minimum atomic E-state index is -0.528. The van der Waals surface area contributed by atoms with Crippen LogP contribution in [-0.2, 0) is 6.54 Å². The van der Waals surface area contributed by atoms with Gasteiger partial charge in [-0.1, -0.05) is 51.3 Å². The molecule has 150 valence electrons. The predicted octanol–water partition coefficient (Wildman–Crippen LogP) is 7.39. The van der Waals surface area contributed by atoms with Crippen molar-refractivity contribution in [2.45, 2.75) is 6.54 Å². The van der Waals surface area contributed by atoms with E-state index in [-0.39, 0.29) is 11.6 Å². The second-order valence-electron chi connectivity index (χ2n) is 6.56. The summed E-state index contributed by atoms with van der Waals surface area (Å²) in [5, 5.41) is 20.6. The molecule has 0 aliphatic heterocycles. The number of aromatic hydroxyl groups is 1. The average Bonchev–Trinajstić information content (AvgIpc) is 2.98. The summed E-state index contributed by atoms with van der Waals surface area (Å²) in [5.41, 5.74) is 2.30. The maximum absolute atomic E-state index is 12.4. The van der Waals surface area contributed by atoms with Gasteiger partial charge in [-0.2, -0.15) is 0 Å². The molecule has 5 nitrogen and oxygen atoms in total. The standard InChI is InChI=1S/C22H14BrCl2N3O2/c23-15-5-10-19-18(11-15)20(26-27-21(29)14-3-8-17(25)9-4-14)22(30)28(19)12-13-1-6-16(24)7-2-13/h1-11,30H,12H2. The molecule has 0 radical (unpaired) electrons. The van der Waals surface area contributed by atoms with Gasteiger partial charge in [-0.3, -0.25) is 4.79 Å². The predicted molar refractivity (Wildman–Crippen MR) is 122 cm³/mol. The highest BCUT2D eigenvalue weighted by Crippen LogP contribution is 2.40. The van der Waals surface area contributed by atoms with E-state index in [2.05, 4.69) is 26.2 Å². The molecule has 4 aromatic rings. The van der Waals surface area contributed by atoms with Gasteiger partial charge in [0.15, 0.2) is 5.69 Å². The Balaban J connectivity index is 1.74. The average molecular weight is 503 g/mol. The molecule has 30 heavy (non-hydrogen) atoms. The normalized spacial score (nSPS) is 11.4. The quantitative estimate of drug-likeness (QED) is 0.295. The van der Waals surface area contributed by atoms with Gasteiger partial charge in [0.25, 0.3) is 5.91 Å². The van der Waals surface area contributed by atoms with Crippen LogP contribution in [-0.4, -0.2) is 15.6 Å². The van der Waals surface area contributed by atoms with E-state index in [0.717, 1.165) is 15.6 Å². The first-order valence-electron chi connectivity index (χ1n) is 8.89. The third-order valence-corrected chi connectivity index (χ3v) is 5.56. The molecular formula is C22H14BrCl2N3O2. The second kappa shape index (κ2) is 8.60. The molecule has 0 aliphatic rings. The minimum Gasteiger partial charge on any atom is -0.493 e. The number of aromatic nitrogens is 1. The number of rotatable bonds is 4. The summed E-state index contributed by atoms with van der Waals surface area (Å²) in [4.78, 5) is 12.4. The van der Waals surface area contributed by atoms with Crippen LogP contribution in [0.5, 0.6) is 5.88 Å². The summed E-state index contributed by atoms with van der Waals surface area (Å²) in [6.45, 7) is 0.405. The Labute approximate surface area is 190 Å². The van der Waals surface area contributed by atoms with Gasteiger partial charge in [-0.05, 0) is 60.2 Å². The molecule has 1 aromatic heterocycles. The van der Waals surface area contributed by atoms with Gasteiger partial charge in [0.2, 0.25) is 5.88 Å². The lowest BCUT2D eigenvalue weighted by Crippen LogP contribution is -1.98. The van der Waals surface area contributed by atoms with Gasteiger partial charge in [0.1, 0.15) is 0 Å². The summed E-state index contributed by atoms with van der Waals surface area (Å²) < 4.78 is 2.53. The first kappa shape index (κ1) is 20.6. The third-order valence-electron chi connectivity index (χ3n) is 4.56. The highest BCUT2D eigenvalue weighted by Gasteiger charge is 2.18. The highest BCUT2D eigenvalue weighted by molar-refractivity contribution is 9.10. The molecule has 1 heterocycles. The van der Waals surface area contributed by atoms with Crippen molar-refractivity contribution in [3.05, 3.63) is 92.4 Å². The van der Waals surface area contributed by atoms with Crippen LogP contribution in [0.2, 0.25) is 10.0 Å². The van der Waals surface area contributed by atoms with Crippen LogP contribution >= 0.6 is 39.1 Å². The Bertz CT molecular complexity index is 1270. The van der Waals surface area contributed by atoms with Crippen LogP contribution in [0.4, 0.5) is 5.69 Å². The van der Waals surface area contributed by atoms with E-state index in [1.54, 1.807) is 41.0 Å². The van der Waals surface area contributed by atoms with Crippen LogP contribution < -0.4 is 0 Å². The zero-order chi connectivity index (χ0) is 21.3. The number of hydrogen-bond acceptors (Lipinski definition) is 3. The van der Waals surface area contributed by atoms with Crippen LogP contribution in [0, 0.1) is 0 Å². The van der Waals surface area contributed by atoms with Crippen LogP contribution in [0.15, 0.2) is 81.4 Å². The smallest absolute Gasteiger partial charge is 0.295 e. The highest BCUT2D eigenvalue weighted by atomic mass is 79.9. The summed E-state index contributed by atoms with van der Waals surface area (Å²) in [5.74, 6) is -0.606. The maximum atomic E-state index is 12.4. The number of carbonyl (C=O) groups is 1. The van der Waals surface area contributed by atoms with Crippen molar-refractivity contribution in [3.63, 3.8) is 0 Å².